The monoisotopic (exact) mass is 330 g/mol. The van der Waals surface area contributed by atoms with Crippen molar-refractivity contribution in [1.82, 2.24) is 5.32 Å². The van der Waals surface area contributed by atoms with E-state index in [1.807, 2.05) is 0 Å². The van der Waals surface area contributed by atoms with E-state index in [9.17, 15) is 22.8 Å². The van der Waals surface area contributed by atoms with E-state index in [4.69, 9.17) is 0 Å². The Kier molecular flexibility index (Phi) is 5.25. The molecule has 0 spiro atoms. The van der Waals surface area contributed by atoms with Crippen molar-refractivity contribution in [2.45, 2.75) is 38.1 Å². The van der Waals surface area contributed by atoms with Crippen molar-refractivity contribution in [2.75, 3.05) is 11.9 Å². The minimum absolute atomic E-state index is 0.205. The molecule has 23 heavy (non-hydrogen) atoms. The van der Waals surface area contributed by atoms with Crippen molar-refractivity contribution >= 4 is 17.5 Å². The molecule has 1 fully saturated rings. The van der Waals surface area contributed by atoms with Crippen molar-refractivity contribution in [3.05, 3.63) is 29.8 Å². The first-order chi connectivity index (χ1) is 10.7. The molecule has 126 valence electrons. The summed E-state index contributed by atoms with van der Waals surface area (Å²) in [5.74, 6) is -0.959. The van der Waals surface area contributed by atoms with E-state index < -0.39 is 24.8 Å². The highest BCUT2D eigenvalue weighted by Crippen LogP contribution is 2.20. The normalized spacial score (nSPS) is 15.8. The molecule has 1 aromatic rings. The SMILES string of the molecule is CC(OCC(F)(F)F)C(=O)Nc1cccc(C(=O)NC2CC2)c1. The lowest BCUT2D eigenvalue weighted by atomic mass is 10.2. The summed E-state index contributed by atoms with van der Waals surface area (Å²) >= 11 is 0. The number of hydrogen-bond donors (Lipinski definition) is 2. The summed E-state index contributed by atoms with van der Waals surface area (Å²) in [5, 5.41) is 5.24. The van der Waals surface area contributed by atoms with Crippen LogP contribution in [0.15, 0.2) is 24.3 Å². The molecule has 2 N–H and O–H groups in total. The smallest absolute Gasteiger partial charge is 0.359 e. The second-order valence-corrected chi connectivity index (χ2v) is 5.39. The fourth-order valence-electron chi connectivity index (χ4n) is 1.77. The van der Waals surface area contributed by atoms with Gasteiger partial charge in [0, 0.05) is 17.3 Å². The van der Waals surface area contributed by atoms with Crippen LogP contribution in [0.5, 0.6) is 0 Å². The van der Waals surface area contributed by atoms with E-state index in [1.165, 1.54) is 13.0 Å². The van der Waals surface area contributed by atoms with Gasteiger partial charge in [-0.2, -0.15) is 13.2 Å². The molecule has 5 nitrogen and oxygen atoms in total. The minimum Gasteiger partial charge on any atom is -0.359 e. The Labute approximate surface area is 131 Å². The zero-order valence-electron chi connectivity index (χ0n) is 12.4. The van der Waals surface area contributed by atoms with Gasteiger partial charge < -0.3 is 15.4 Å². The molecule has 1 atom stereocenters. The van der Waals surface area contributed by atoms with Gasteiger partial charge in [0.05, 0.1) is 0 Å². The fourth-order valence-corrected chi connectivity index (χ4v) is 1.77. The number of ether oxygens (including phenoxy) is 1. The van der Waals surface area contributed by atoms with Crippen LogP contribution in [-0.4, -0.2) is 36.7 Å². The van der Waals surface area contributed by atoms with Crippen LogP contribution in [0.1, 0.15) is 30.1 Å². The molecule has 2 rings (SSSR count). The number of carbonyl (C=O) groups is 2. The first-order valence-electron chi connectivity index (χ1n) is 7.15. The van der Waals surface area contributed by atoms with Crippen molar-refractivity contribution in [2.24, 2.45) is 0 Å². The lowest BCUT2D eigenvalue weighted by molar-refractivity contribution is -0.184. The van der Waals surface area contributed by atoms with E-state index in [-0.39, 0.29) is 11.9 Å². The number of alkyl halides is 3. The van der Waals surface area contributed by atoms with Crippen molar-refractivity contribution < 1.29 is 27.5 Å². The van der Waals surface area contributed by atoms with Crippen LogP contribution in [0.4, 0.5) is 18.9 Å². The molecular weight excluding hydrogens is 313 g/mol. The molecule has 1 aliphatic rings. The molecule has 1 saturated carbocycles. The highest BCUT2D eigenvalue weighted by Gasteiger charge is 2.30. The molecule has 2 amide bonds. The van der Waals surface area contributed by atoms with Gasteiger partial charge in [-0.25, -0.2) is 0 Å². The van der Waals surface area contributed by atoms with E-state index >= 15 is 0 Å². The zero-order valence-corrected chi connectivity index (χ0v) is 12.4. The van der Waals surface area contributed by atoms with Crippen LogP contribution in [0.3, 0.4) is 0 Å². The van der Waals surface area contributed by atoms with E-state index in [2.05, 4.69) is 15.4 Å². The molecule has 1 unspecified atom stereocenters. The third-order valence-corrected chi connectivity index (χ3v) is 3.17. The third kappa shape index (κ3) is 5.90. The molecule has 1 aromatic carbocycles. The summed E-state index contributed by atoms with van der Waals surface area (Å²) in [6, 6.07) is 6.39. The first-order valence-corrected chi connectivity index (χ1v) is 7.15. The molecule has 8 heteroatoms. The van der Waals surface area contributed by atoms with Crippen molar-refractivity contribution in [3.63, 3.8) is 0 Å². The van der Waals surface area contributed by atoms with Gasteiger partial charge in [0.2, 0.25) is 0 Å². The molecular formula is C15H17F3N2O3. The number of carbonyl (C=O) groups excluding carboxylic acids is 2. The molecule has 0 radical (unpaired) electrons. The van der Waals surface area contributed by atoms with Gasteiger partial charge in [-0.1, -0.05) is 6.07 Å². The van der Waals surface area contributed by atoms with Crippen molar-refractivity contribution in [3.8, 4) is 0 Å². The van der Waals surface area contributed by atoms with Gasteiger partial charge in [0.15, 0.2) is 0 Å². The molecule has 0 heterocycles. The van der Waals surface area contributed by atoms with Crippen LogP contribution in [0.25, 0.3) is 0 Å². The maximum absolute atomic E-state index is 12.1. The Morgan fingerprint density at radius 1 is 1.35 bits per heavy atom. The first kappa shape index (κ1) is 17.3. The van der Waals surface area contributed by atoms with Gasteiger partial charge >= 0.3 is 6.18 Å². The van der Waals surface area contributed by atoms with Crippen molar-refractivity contribution in [1.29, 1.82) is 0 Å². The summed E-state index contributed by atoms with van der Waals surface area (Å²) in [6.45, 7) is -0.268. The topological polar surface area (TPSA) is 67.4 Å². The second-order valence-electron chi connectivity index (χ2n) is 5.39. The van der Waals surface area contributed by atoms with Crippen LogP contribution < -0.4 is 10.6 Å². The Bertz CT molecular complexity index is 586. The maximum atomic E-state index is 12.1. The minimum atomic E-state index is -4.49. The average molecular weight is 330 g/mol. The lowest BCUT2D eigenvalue weighted by Crippen LogP contribution is -2.31. The van der Waals surface area contributed by atoms with E-state index in [1.54, 1.807) is 18.2 Å². The summed E-state index contributed by atoms with van der Waals surface area (Å²) in [6.07, 6.45) is -3.84. The van der Waals surface area contributed by atoms with Gasteiger partial charge in [-0.05, 0) is 38.0 Å². The molecule has 1 aliphatic carbocycles. The molecule has 0 saturated heterocycles. The number of nitrogens with one attached hydrogen (secondary N) is 2. The van der Waals surface area contributed by atoms with Gasteiger partial charge in [-0.15, -0.1) is 0 Å². The van der Waals surface area contributed by atoms with E-state index in [0.717, 1.165) is 12.8 Å². The van der Waals surface area contributed by atoms with Crippen LogP contribution in [-0.2, 0) is 9.53 Å². The molecule has 0 aliphatic heterocycles. The largest absolute Gasteiger partial charge is 0.411 e. The highest BCUT2D eigenvalue weighted by atomic mass is 19.4. The number of benzene rings is 1. The molecule has 0 bridgehead atoms. The van der Waals surface area contributed by atoms with Gasteiger partial charge in [0.25, 0.3) is 11.8 Å². The fraction of sp³-hybridized carbons (Fsp3) is 0.467. The highest BCUT2D eigenvalue weighted by molar-refractivity contribution is 5.98. The number of anilines is 1. The Morgan fingerprint density at radius 2 is 2.04 bits per heavy atom. The number of halogens is 3. The zero-order chi connectivity index (χ0) is 17.0. The average Bonchev–Trinajstić information content (AvgIpc) is 3.28. The van der Waals surface area contributed by atoms with Crippen LogP contribution >= 0.6 is 0 Å². The quantitative estimate of drug-likeness (QED) is 0.842. The number of amides is 2. The predicted octanol–water partition coefficient (Wildman–Crippen LogP) is 2.48. The Balaban J connectivity index is 1.91. The standard InChI is InChI=1S/C15H17F3N2O3/c1-9(23-8-15(16,17)18)13(21)20-12-4-2-3-10(7-12)14(22)19-11-5-6-11/h2-4,7,9,11H,5-6,8H2,1H3,(H,19,22)(H,20,21). The predicted molar refractivity (Wildman–Crippen MR) is 77.0 cm³/mol. The Morgan fingerprint density at radius 3 is 2.65 bits per heavy atom. The summed E-state index contributed by atoms with van der Waals surface area (Å²) in [5.41, 5.74) is 0.694. The summed E-state index contributed by atoms with van der Waals surface area (Å²) in [4.78, 5) is 23.7. The maximum Gasteiger partial charge on any atom is 0.411 e. The summed E-state index contributed by atoms with van der Waals surface area (Å²) < 4.78 is 40.6. The van der Waals surface area contributed by atoms with Crippen LogP contribution in [0.2, 0.25) is 0 Å². The van der Waals surface area contributed by atoms with Gasteiger partial charge in [0.1, 0.15) is 12.7 Å². The van der Waals surface area contributed by atoms with Gasteiger partial charge in [-0.3, -0.25) is 9.59 Å². The number of hydrogen-bond acceptors (Lipinski definition) is 3. The number of rotatable bonds is 6. The second kappa shape index (κ2) is 6.99. The Hall–Kier alpha value is -2.09. The van der Waals surface area contributed by atoms with Crippen LogP contribution in [0, 0.1) is 0 Å². The summed E-state index contributed by atoms with van der Waals surface area (Å²) in [7, 11) is 0. The lowest BCUT2D eigenvalue weighted by Gasteiger charge is -2.15. The molecule has 0 aromatic heterocycles. The van der Waals surface area contributed by atoms with E-state index in [0.29, 0.717) is 11.3 Å². The third-order valence-electron chi connectivity index (χ3n) is 3.17.